The van der Waals surface area contributed by atoms with Crippen molar-refractivity contribution in [2.24, 2.45) is 74.9 Å². The summed E-state index contributed by atoms with van der Waals surface area (Å²) in [7, 11) is -3.58. The van der Waals surface area contributed by atoms with Crippen molar-refractivity contribution >= 4 is 16.6 Å². The second-order valence-corrected chi connectivity index (χ2v) is 35.8. The molecule has 6 aliphatic rings. The van der Waals surface area contributed by atoms with Crippen LogP contribution in [0.15, 0.2) is 24.3 Å². The van der Waals surface area contributed by atoms with E-state index in [1.807, 2.05) is 0 Å². The molecule has 0 saturated heterocycles. The van der Waals surface area contributed by atoms with Crippen LogP contribution in [0.5, 0.6) is 0 Å². The van der Waals surface area contributed by atoms with Gasteiger partial charge in [-0.2, -0.15) is 0 Å². The molecule has 0 aromatic carbocycles. The van der Waals surface area contributed by atoms with E-state index in [9.17, 15) is 15.3 Å². The predicted octanol–water partition coefficient (Wildman–Crippen LogP) is 13.6. The van der Waals surface area contributed by atoms with Gasteiger partial charge in [0.25, 0.3) is 0 Å². The van der Waals surface area contributed by atoms with Crippen molar-refractivity contribution in [2.75, 3.05) is 26.4 Å². The Balaban J connectivity index is 0.000000253. The van der Waals surface area contributed by atoms with E-state index in [-0.39, 0.29) is 46.1 Å². The van der Waals surface area contributed by atoms with Gasteiger partial charge in [-0.25, -0.2) is 0 Å². The van der Waals surface area contributed by atoms with Gasteiger partial charge in [0.15, 0.2) is 16.6 Å². The highest BCUT2D eigenvalue weighted by atomic mass is 28.4. The van der Waals surface area contributed by atoms with Gasteiger partial charge in [0.2, 0.25) is 0 Å². The molecule has 0 aliphatic heterocycles. The third-order valence-electron chi connectivity index (χ3n) is 21.1. The summed E-state index contributed by atoms with van der Waals surface area (Å²) < 4.78 is 14.1. The van der Waals surface area contributed by atoms with E-state index in [1.165, 1.54) is 56.1 Å². The van der Waals surface area contributed by atoms with Crippen LogP contribution in [0.3, 0.4) is 0 Å². The molecule has 6 rings (SSSR count). The molecule has 0 spiro atoms. The minimum absolute atomic E-state index is 0.0344. The summed E-state index contributed by atoms with van der Waals surface area (Å²) in [6, 6.07) is 0. The molecule has 0 heterocycles. The number of allylic oxidation sites excluding steroid dienone is 2. The van der Waals surface area contributed by atoms with Crippen molar-refractivity contribution in [1.29, 1.82) is 0 Å². The van der Waals surface area contributed by atoms with Gasteiger partial charge < -0.3 is 24.2 Å². The number of aliphatic hydroxyl groups is 3. The fourth-order valence-electron chi connectivity index (χ4n) is 14.1. The summed E-state index contributed by atoms with van der Waals surface area (Å²) in [6.45, 7) is 47.6. The lowest BCUT2D eigenvalue weighted by Gasteiger charge is -2.57. The van der Waals surface area contributed by atoms with Crippen LogP contribution in [0, 0.1) is 74.9 Å². The number of hydrogen-bond acceptors (Lipinski definition) is 5. The standard InChI is InChI=1S/C33H64O2Si2.C20H34O3/c1-24-17-19-33(10,26(21-24)22-34-36(11,12)30(3,4)5)29-18-20-32(9)25(2)15-16-28(32)27(29)23-35-37(13,14)31(6,7)8;1-13-4-5-17-16(12-22)18(7-9-19(13,17)2)20(3)8-6-15(23)10-14(20)11-21/h24,26-29H,2,15-23H2,1,3-14H3;14-18,21-23H,1,4-12H2,2-3H3/t24-,26+,27-,28?,29?,32+,33-;14-,15+,16+,17?,18?,19-,20+/m01/s1. The minimum Gasteiger partial charge on any atom is -0.417 e. The average Bonchev–Trinajstić information content (AvgIpc) is 3.64. The van der Waals surface area contributed by atoms with Gasteiger partial charge in [-0.15, -0.1) is 0 Å². The molecule has 6 saturated carbocycles. The predicted molar refractivity (Wildman–Crippen MR) is 259 cm³/mol. The molecule has 0 aromatic rings. The van der Waals surface area contributed by atoms with E-state index >= 15 is 0 Å². The molecule has 0 aromatic heterocycles. The second-order valence-electron chi connectivity index (χ2n) is 26.2. The van der Waals surface area contributed by atoms with Crippen LogP contribution in [0.4, 0.5) is 0 Å². The number of rotatable bonds is 10. The van der Waals surface area contributed by atoms with Crippen LogP contribution >= 0.6 is 0 Å². The fourth-order valence-corrected chi connectivity index (χ4v) is 16.2. The minimum atomic E-state index is -1.81. The van der Waals surface area contributed by atoms with Crippen molar-refractivity contribution in [3.05, 3.63) is 24.3 Å². The Morgan fingerprint density at radius 3 is 1.52 bits per heavy atom. The molecular formula is C53H98O5Si2. The van der Waals surface area contributed by atoms with Crippen molar-refractivity contribution in [3.63, 3.8) is 0 Å². The molecule has 0 radical (unpaired) electrons. The van der Waals surface area contributed by atoms with E-state index in [0.717, 1.165) is 69.5 Å². The molecular weight excluding hydrogens is 773 g/mol. The topological polar surface area (TPSA) is 79.2 Å². The van der Waals surface area contributed by atoms with E-state index in [0.29, 0.717) is 46.8 Å². The van der Waals surface area contributed by atoms with Crippen LogP contribution in [0.1, 0.15) is 166 Å². The van der Waals surface area contributed by atoms with Gasteiger partial charge in [0, 0.05) is 26.4 Å². The first-order valence-corrected chi connectivity index (χ1v) is 30.9. The van der Waals surface area contributed by atoms with Crippen LogP contribution in [0.25, 0.3) is 0 Å². The highest BCUT2D eigenvalue weighted by Crippen LogP contribution is 2.65. The zero-order valence-corrected chi connectivity index (χ0v) is 44.1. The molecule has 348 valence electrons. The number of fused-ring (bicyclic) bond motifs is 2. The molecule has 5 nitrogen and oxygen atoms in total. The first-order valence-electron chi connectivity index (χ1n) is 25.1. The molecule has 7 heteroatoms. The summed E-state index contributed by atoms with van der Waals surface area (Å²) in [6.07, 6.45) is 16.0. The van der Waals surface area contributed by atoms with Crippen molar-refractivity contribution in [2.45, 2.75) is 208 Å². The van der Waals surface area contributed by atoms with E-state index in [1.54, 1.807) is 0 Å². The highest BCUT2D eigenvalue weighted by Gasteiger charge is 2.59. The largest absolute Gasteiger partial charge is 0.417 e. The maximum Gasteiger partial charge on any atom is 0.191 e. The molecule has 60 heavy (non-hydrogen) atoms. The molecule has 4 unspecified atom stereocenters. The van der Waals surface area contributed by atoms with E-state index in [2.05, 4.69) is 116 Å². The number of hydrogen-bond donors (Lipinski definition) is 3. The monoisotopic (exact) mass is 871 g/mol. The van der Waals surface area contributed by atoms with E-state index < -0.39 is 16.6 Å². The highest BCUT2D eigenvalue weighted by molar-refractivity contribution is 6.74. The molecule has 6 aliphatic carbocycles. The molecule has 0 bridgehead atoms. The third kappa shape index (κ3) is 9.51. The van der Waals surface area contributed by atoms with Crippen molar-refractivity contribution < 1.29 is 24.2 Å². The fraction of sp³-hybridized carbons (Fsp3) is 0.925. The smallest absolute Gasteiger partial charge is 0.191 e. The Morgan fingerprint density at radius 2 is 1.03 bits per heavy atom. The van der Waals surface area contributed by atoms with Crippen LogP contribution < -0.4 is 0 Å². The van der Waals surface area contributed by atoms with Gasteiger partial charge in [-0.1, -0.05) is 107 Å². The molecule has 3 N–H and O–H groups in total. The summed E-state index contributed by atoms with van der Waals surface area (Å²) in [5.74, 6) is 4.98. The normalized spacial score (nSPS) is 43.0. The first-order chi connectivity index (χ1) is 27.5. The van der Waals surface area contributed by atoms with Crippen LogP contribution in [0.2, 0.25) is 36.3 Å². The SMILES string of the molecule is C=C1CCC2[C@H](CO)C([C@@]3(C)CC[C@H](O)C[C@@H]3CO)CC[C@]12C.C=C1CCC2[C@H](CO[Si](C)(C)C(C)(C)C)C([C@@]3(C)CC[C@H](C)C[C@@H]3CO[Si](C)(C)C(C)(C)C)CC[C@]12C. The summed E-state index contributed by atoms with van der Waals surface area (Å²) >= 11 is 0. The lowest BCUT2D eigenvalue weighted by atomic mass is 9.49. The Hall–Kier alpha value is -0.286. The average molecular weight is 872 g/mol. The van der Waals surface area contributed by atoms with Gasteiger partial charge in [-0.3, -0.25) is 0 Å². The second kappa shape index (κ2) is 18.2. The zero-order valence-electron chi connectivity index (χ0n) is 42.1. The maximum absolute atomic E-state index is 10.2. The summed E-state index contributed by atoms with van der Waals surface area (Å²) in [5.41, 5.74) is 3.77. The van der Waals surface area contributed by atoms with E-state index in [4.69, 9.17) is 8.85 Å². The Kier molecular flexibility index (Phi) is 15.4. The zero-order chi connectivity index (χ0) is 45.1. The Bertz CT molecular complexity index is 1490. The third-order valence-corrected chi connectivity index (χ3v) is 30.1. The lowest BCUT2D eigenvalue weighted by Crippen LogP contribution is -2.54. The lowest BCUT2D eigenvalue weighted by molar-refractivity contribution is -0.104. The quantitative estimate of drug-likeness (QED) is 0.151. The number of aliphatic hydroxyl groups excluding tert-OH is 3. The Labute approximate surface area is 373 Å². The Morgan fingerprint density at radius 1 is 0.583 bits per heavy atom. The summed E-state index contributed by atoms with van der Waals surface area (Å²) in [4.78, 5) is 0. The van der Waals surface area contributed by atoms with Gasteiger partial charge in [0.1, 0.15) is 0 Å². The van der Waals surface area contributed by atoms with Crippen LogP contribution in [-0.2, 0) is 8.85 Å². The van der Waals surface area contributed by atoms with Gasteiger partial charge >= 0.3 is 0 Å². The van der Waals surface area contributed by atoms with Gasteiger partial charge in [0.05, 0.1) is 6.10 Å². The first kappa shape index (κ1) is 50.7. The van der Waals surface area contributed by atoms with Crippen molar-refractivity contribution in [1.82, 2.24) is 0 Å². The molecule has 14 atom stereocenters. The van der Waals surface area contributed by atoms with Gasteiger partial charge in [-0.05, 0) is 195 Å². The van der Waals surface area contributed by atoms with Crippen LogP contribution in [-0.4, -0.2) is 64.5 Å². The maximum atomic E-state index is 10.2. The van der Waals surface area contributed by atoms with Crippen molar-refractivity contribution in [3.8, 4) is 0 Å². The molecule has 6 fully saturated rings. The summed E-state index contributed by atoms with van der Waals surface area (Å²) in [5, 5.41) is 30.7. The molecule has 0 amide bonds.